The van der Waals surface area contributed by atoms with Crippen molar-refractivity contribution in [1.29, 1.82) is 0 Å². The number of amides is 1. The zero-order valence-electron chi connectivity index (χ0n) is 11.0. The van der Waals surface area contributed by atoms with Crippen molar-refractivity contribution in [2.75, 3.05) is 5.32 Å². The van der Waals surface area contributed by atoms with E-state index in [2.05, 4.69) is 21.2 Å². The summed E-state index contributed by atoms with van der Waals surface area (Å²) in [5.41, 5.74) is 2.43. The minimum Gasteiger partial charge on any atom is -0.324 e. The summed E-state index contributed by atoms with van der Waals surface area (Å²) in [6.07, 6.45) is -4.83. The summed E-state index contributed by atoms with van der Waals surface area (Å²) < 4.78 is 39.1. The number of nitrogens with one attached hydrogen (secondary N) is 1. The van der Waals surface area contributed by atoms with Gasteiger partial charge in [-0.25, -0.2) is 0 Å². The highest BCUT2D eigenvalue weighted by molar-refractivity contribution is 9.10. The fourth-order valence-electron chi connectivity index (χ4n) is 1.75. The maximum Gasteiger partial charge on any atom is 0.415 e. The van der Waals surface area contributed by atoms with Crippen LogP contribution in [0.15, 0.2) is 40.9 Å². The Morgan fingerprint density at radius 3 is 2.29 bits per heavy atom. The van der Waals surface area contributed by atoms with Gasteiger partial charge >= 0.3 is 6.18 Å². The largest absolute Gasteiger partial charge is 0.415 e. The summed E-state index contributed by atoms with van der Waals surface area (Å²) in [5.74, 6) is -1.30. The van der Waals surface area contributed by atoms with Gasteiger partial charge in [0.1, 0.15) is 0 Å². The first-order valence-corrected chi connectivity index (χ1v) is 6.78. The molecule has 1 unspecified atom stereocenters. The summed E-state index contributed by atoms with van der Waals surface area (Å²) >= 11 is 3.35. The molecule has 7 heteroatoms. The number of halogens is 4. The first-order valence-electron chi connectivity index (χ1n) is 5.99. The minimum absolute atomic E-state index is 0.278. The molecule has 0 aliphatic rings. The molecule has 2 aromatic rings. The van der Waals surface area contributed by atoms with E-state index in [1.165, 1.54) is 6.07 Å². The highest BCUT2D eigenvalue weighted by Crippen LogP contribution is 2.32. The Balaban J connectivity index is 2.42. The molecule has 0 aliphatic heterocycles. The van der Waals surface area contributed by atoms with Gasteiger partial charge in [0.25, 0.3) is 5.91 Å². The predicted octanol–water partition coefficient (Wildman–Crippen LogP) is 3.82. The van der Waals surface area contributed by atoms with E-state index in [0.717, 1.165) is 9.86 Å². The average molecular weight is 361 g/mol. The Morgan fingerprint density at radius 1 is 1.14 bits per heavy atom. The van der Waals surface area contributed by atoms with E-state index >= 15 is 0 Å². The van der Waals surface area contributed by atoms with Crippen LogP contribution in [0.3, 0.4) is 0 Å². The van der Waals surface area contributed by atoms with Gasteiger partial charge in [-0.15, -0.1) is 0 Å². The zero-order valence-corrected chi connectivity index (χ0v) is 12.5. The van der Waals surface area contributed by atoms with Crippen LogP contribution < -0.4 is 11.1 Å². The number of carbonyl (C=O) groups is 1. The van der Waals surface area contributed by atoms with Crippen LogP contribution in [0.5, 0.6) is 0 Å². The number of rotatable bonds is 2. The van der Waals surface area contributed by atoms with Crippen molar-refractivity contribution < 1.29 is 18.0 Å². The molecule has 0 fully saturated rings. The van der Waals surface area contributed by atoms with Gasteiger partial charge in [0.05, 0.1) is 0 Å². The lowest BCUT2D eigenvalue weighted by Gasteiger charge is -2.26. The second kappa shape index (κ2) is 5.31. The molecule has 0 aromatic heterocycles. The lowest BCUT2D eigenvalue weighted by atomic mass is 10.0. The normalized spacial score (nSPS) is 14.8. The minimum atomic E-state index is -4.83. The Hall–Kier alpha value is -1.60. The number of hydrogen-bond acceptors (Lipinski definition) is 2. The van der Waals surface area contributed by atoms with Gasteiger partial charge in [-0.2, -0.15) is 13.2 Å². The van der Waals surface area contributed by atoms with Gasteiger partial charge in [0, 0.05) is 15.5 Å². The first-order chi connectivity index (χ1) is 9.64. The van der Waals surface area contributed by atoms with Crippen molar-refractivity contribution in [3.8, 4) is 0 Å². The van der Waals surface area contributed by atoms with Crippen LogP contribution in [0.25, 0.3) is 10.8 Å². The van der Waals surface area contributed by atoms with Crippen molar-refractivity contribution in [2.24, 2.45) is 5.73 Å². The molecule has 0 radical (unpaired) electrons. The van der Waals surface area contributed by atoms with E-state index in [1.54, 1.807) is 30.3 Å². The maximum absolute atomic E-state index is 12.8. The average Bonchev–Trinajstić information content (AvgIpc) is 2.41. The molecule has 112 valence electrons. The number of hydrogen-bond donors (Lipinski definition) is 2. The standard InChI is InChI=1S/C14H12BrF3N2O/c1-13(19,14(16,17)18)12(21)20-11-7-6-10(15)8-4-2-3-5-9(8)11/h2-7H,19H2,1H3,(H,20,21). The monoisotopic (exact) mass is 360 g/mol. The lowest BCUT2D eigenvalue weighted by molar-refractivity contribution is -0.184. The van der Waals surface area contributed by atoms with Gasteiger partial charge in [-0.1, -0.05) is 40.2 Å². The molecule has 1 atom stereocenters. The molecule has 3 nitrogen and oxygen atoms in total. The van der Waals surface area contributed by atoms with Crippen molar-refractivity contribution >= 4 is 38.3 Å². The van der Waals surface area contributed by atoms with Crippen molar-refractivity contribution in [3.05, 3.63) is 40.9 Å². The summed E-state index contributed by atoms with van der Waals surface area (Å²) in [6.45, 7) is 0.642. The van der Waals surface area contributed by atoms with E-state index in [-0.39, 0.29) is 5.69 Å². The Kier molecular flexibility index (Phi) is 3.99. The molecule has 2 aromatic carbocycles. The summed E-state index contributed by atoms with van der Waals surface area (Å²) in [7, 11) is 0. The number of anilines is 1. The molecule has 21 heavy (non-hydrogen) atoms. The van der Waals surface area contributed by atoms with Gasteiger partial charge in [-0.3, -0.25) is 4.79 Å². The molecular weight excluding hydrogens is 349 g/mol. The molecular formula is C14H12BrF3N2O. The molecule has 3 N–H and O–H groups in total. The SMILES string of the molecule is CC(N)(C(=O)Nc1ccc(Br)c2ccccc12)C(F)(F)F. The van der Waals surface area contributed by atoms with E-state index in [4.69, 9.17) is 5.73 Å². The molecule has 0 spiro atoms. The summed E-state index contributed by atoms with van der Waals surface area (Å²) in [6, 6.07) is 10.2. The first kappa shape index (κ1) is 15.8. The molecule has 0 aliphatic carbocycles. The molecule has 0 saturated carbocycles. The summed E-state index contributed by atoms with van der Waals surface area (Å²) in [5, 5.41) is 3.66. The van der Waals surface area contributed by atoms with E-state index in [0.29, 0.717) is 12.3 Å². The van der Waals surface area contributed by atoms with Crippen molar-refractivity contribution in [1.82, 2.24) is 0 Å². The van der Waals surface area contributed by atoms with Gasteiger partial charge in [-0.05, 0) is 24.4 Å². The zero-order chi connectivity index (χ0) is 15.8. The highest BCUT2D eigenvalue weighted by Gasteiger charge is 2.54. The van der Waals surface area contributed by atoms with Crippen molar-refractivity contribution in [2.45, 2.75) is 18.6 Å². The Labute approximate surface area is 127 Å². The second-order valence-electron chi connectivity index (χ2n) is 4.79. The van der Waals surface area contributed by atoms with Crippen LogP contribution in [0, 0.1) is 0 Å². The van der Waals surface area contributed by atoms with Crippen LogP contribution in [-0.2, 0) is 4.79 Å². The van der Waals surface area contributed by atoms with E-state index in [9.17, 15) is 18.0 Å². The lowest BCUT2D eigenvalue weighted by Crippen LogP contribution is -2.59. The fourth-order valence-corrected chi connectivity index (χ4v) is 2.23. The smallest absolute Gasteiger partial charge is 0.324 e. The third-order valence-electron chi connectivity index (χ3n) is 3.18. The predicted molar refractivity (Wildman–Crippen MR) is 78.9 cm³/mol. The van der Waals surface area contributed by atoms with Crippen LogP contribution in [-0.4, -0.2) is 17.6 Å². The third kappa shape index (κ3) is 2.89. The number of benzene rings is 2. The second-order valence-corrected chi connectivity index (χ2v) is 5.65. The molecule has 0 heterocycles. The van der Waals surface area contributed by atoms with Gasteiger partial charge in [0.15, 0.2) is 5.54 Å². The fraction of sp³-hybridized carbons (Fsp3) is 0.214. The van der Waals surface area contributed by atoms with Crippen LogP contribution in [0.4, 0.5) is 18.9 Å². The maximum atomic E-state index is 12.8. The van der Waals surface area contributed by atoms with Gasteiger partial charge < -0.3 is 11.1 Å². The van der Waals surface area contributed by atoms with Crippen LogP contribution in [0.1, 0.15) is 6.92 Å². The number of fused-ring (bicyclic) bond motifs is 1. The summed E-state index contributed by atoms with van der Waals surface area (Å²) in [4.78, 5) is 11.8. The van der Waals surface area contributed by atoms with Crippen LogP contribution in [0.2, 0.25) is 0 Å². The topological polar surface area (TPSA) is 55.1 Å². The van der Waals surface area contributed by atoms with E-state index < -0.39 is 17.6 Å². The number of nitrogens with two attached hydrogens (primary N) is 1. The quantitative estimate of drug-likeness (QED) is 0.855. The highest BCUT2D eigenvalue weighted by atomic mass is 79.9. The van der Waals surface area contributed by atoms with Crippen molar-refractivity contribution in [3.63, 3.8) is 0 Å². The molecule has 0 saturated heterocycles. The molecule has 1 amide bonds. The van der Waals surface area contributed by atoms with Crippen LogP contribution >= 0.6 is 15.9 Å². The van der Waals surface area contributed by atoms with Gasteiger partial charge in [0.2, 0.25) is 0 Å². The number of alkyl halides is 3. The Morgan fingerprint density at radius 2 is 1.71 bits per heavy atom. The van der Waals surface area contributed by atoms with E-state index in [1.807, 2.05) is 0 Å². The third-order valence-corrected chi connectivity index (χ3v) is 3.87. The molecule has 0 bridgehead atoms. The number of carbonyl (C=O) groups excluding carboxylic acids is 1. The Bertz CT molecular complexity index is 698. The molecule has 2 rings (SSSR count).